The molecule has 0 aliphatic carbocycles. The van der Waals surface area contributed by atoms with Crippen molar-refractivity contribution in [3.8, 4) is 17.2 Å². The van der Waals surface area contributed by atoms with Gasteiger partial charge in [-0.15, -0.1) is 0 Å². The van der Waals surface area contributed by atoms with Crippen LogP contribution in [0, 0.1) is 0 Å². The minimum atomic E-state index is -5.38. The van der Waals surface area contributed by atoms with Gasteiger partial charge >= 0.3 is 18.3 Å². The van der Waals surface area contributed by atoms with E-state index in [1.54, 1.807) is 0 Å². The Morgan fingerprint density at radius 2 is 1.49 bits per heavy atom. The highest BCUT2D eigenvalue weighted by Gasteiger charge is 2.43. The molecular weight excluding hydrogens is 580 g/mol. The maximum absolute atomic E-state index is 13.8. The third-order valence-electron chi connectivity index (χ3n) is 5.28. The van der Waals surface area contributed by atoms with Gasteiger partial charge in [0.15, 0.2) is 12.4 Å². The number of H-pyrrole nitrogens is 1. The van der Waals surface area contributed by atoms with E-state index in [1.165, 1.54) is 30.3 Å². The van der Waals surface area contributed by atoms with Crippen molar-refractivity contribution in [3.05, 3.63) is 76.9 Å². The number of aromatic nitrogens is 1. The number of hydrogen-bond acceptors (Lipinski definition) is 5. The van der Waals surface area contributed by atoms with Crippen LogP contribution in [-0.4, -0.2) is 31.1 Å². The lowest BCUT2D eigenvalue weighted by atomic mass is 10.1. The minimum Gasteiger partial charge on any atom is -0.482 e. The van der Waals surface area contributed by atoms with Crippen LogP contribution in [0.15, 0.2) is 70.6 Å². The summed E-state index contributed by atoms with van der Waals surface area (Å²) in [6.07, 6.45) is -9.63. The summed E-state index contributed by atoms with van der Waals surface area (Å²) in [7, 11) is -4.18. The summed E-state index contributed by atoms with van der Waals surface area (Å²) < 4.78 is 119. The molecule has 15 heteroatoms. The minimum absolute atomic E-state index is 0.0639. The Bertz CT molecular complexity index is 1630. The van der Waals surface area contributed by atoms with Crippen LogP contribution >= 0.6 is 11.6 Å². The zero-order valence-corrected chi connectivity index (χ0v) is 20.6. The molecular formula is C24H14ClF6NO6S. The van der Waals surface area contributed by atoms with Gasteiger partial charge in [0.25, 0.3) is 0 Å². The Hall–Kier alpha value is -3.91. The number of aromatic amines is 1. The summed E-state index contributed by atoms with van der Waals surface area (Å²) in [6, 6.07) is 8.73. The normalized spacial score (nSPS) is 12.5. The van der Waals surface area contributed by atoms with E-state index in [9.17, 15) is 39.6 Å². The monoisotopic (exact) mass is 593 g/mol. The van der Waals surface area contributed by atoms with Gasteiger partial charge in [0.05, 0.1) is 9.79 Å². The van der Waals surface area contributed by atoms with E-state index < -0.39 is 63.1 Å². The molecule has 0 saturated carbocycles. The largest absolute Gasteiger partial charge is 0.482 e. The summed E-state index contributed by atoms with van der Waals surface area (Å²) in [4.78, 5) is 12.9. The number of carbonyl (C=O) groups is 1. The molecule has 0 unspecified atom stereocenters. The molecule has 2 N–H and O–H groups in total. The van der Waals surface area contributed by atoms with E-state index in [1.807, 2.05) is 0 Å². The van der Waals surface area contributed by atoms with Crippen LogP contribution in [0.1, 0.15) is 11.1 Å². The van der Waals surface area contributed by atoms with Crippen LogP contribution in [-0.2, 0) is 27.0 Å². The summed E-state index contributed by atoms with van der Waals surface area (Å²) in [5, 5.41) is 8.87. The van der Waals surface area contributed by atoms with Gasteiger partial charge in [0.2, 0.25) is 9.84 Å². The fraction of sp³-hybridized carbons (Fsp3) is 0.125. The number of hydrogen-bond donors (Lipinski definition) is 2. The molecule has 4 aromatic rings. The lowest BCUT2D eigenvalue weighted by Crippen LogP contribution is -2.16. The molecule has 0 radical (unpaired) electrons. The van der Waals surface area contributed by atoms with Crippen LogP contribution in [0.5, 0.6) is 17.2 Å². The Kier molecular flexibility index (Phi) is 7.21. The van der Waals surface area contributed by atoms with Gasteiger partial charge in [-0.1, -0.05) is 11.6 Å². The van der Waals surface area contributed by atoms with Crippen molar-refractivity contribution in [1.29, 1.82) is 0 Å². The van der Waals surface area contributed by atoms with E-state index in [4.69, 9.17) is 21.4 Å². The van der Waals surface area contributed by atoms with Crippen LogP contribution < -0.4 is 9.47 Å². The van der Waals surface area contributed by atoms with E-state index in [0.29, 0.717) is 0 Å². The molecule has 0 aliphatic heterocycles. The smallest absolute Gasteiger partial charge is 0.420 e. The maximum atomic E-state index is 13.8. The second-order valence-corrected chi connectivity index (χ2v) is 10.3. The first-order valence-corrected chi connectivity index (χ1v) is 12.4. The third-order valence-corrected chi connectivity index (χ3v) is 7.35. The standard InChI is InChI=1S/C24H14ClF6NO6S/c25-12-1-4-15(5-2-12)39(35,36)20-10-32-19-6-3-13(7-16(19)20)38-22-17(23(26,27)28)8-14(37-11-21(33)34)9-18(22)24(29,30)31/h1-10,32H,11H2,(H,33,34). The molecule has 0 aliphatic rings. The van der Waals surface area contributed by atoms with Gasteiger partial charge in [-0.2, -0.15) is 26.3 Å². The van der Waals surface area contributed by atoms with Gasteiger partial charge in [0.1, 0.15) is 22.6 Å². The molecule has 0 amide bonds. The van der Waals surface area contributed by atoms with Gasteiger partial charge in [-0.3, -0.25) is 0 Å². The Labute approximate surface area is 220 Å². The lowest BCUT2D eigenvalue weighted by Gasteiger charge is -2.20. The zero-order valence-electron chi connectivity index (χ0n) is 19.0. The first-order valence-electron chi connectivity index (χ1n) is 10.5. The predicted octanol–water partition coefficient (Wildman–Crippen LogP) is 6.95. The molecule has 4 rings (SSSR count). The molecule has 0 spiro atoms. The van der Waals surface area contributed by atoms with Gasteiger partial charge in [0, 0.05) is 22.1 Å². The number of nitrogens with one attached hydrogen (secondary N) is 1. The van der Waals surface area contributed by atoms with E-state index in [0.717, 1.165) is 18.3 Å². The van der Waals surface area contributed by atoms with E-state index in [-0.39, 0.29) is 37.8 Å². The van der Waals surface area contributed by atoms with Crippen molar-refractivity contribution >= 4 is 38.3 Å². The molecule has 0 bridgehead atoms. The third kappa shape index (κ3) is 5.91. The molecule has 0 atom stereocenters. The molecule has 3 aromatic carbocycles. The topological polar surface area (TPSA) is 106 Å². The summed E-state index contributed by atoms with van der Waals surface area (Å²) in [5.74, 6) is -4.79. The van der Waals surface area contributed by atoms with Crippen LogP contribution in [0.2, 0.25) is 5.02 Å². The number of halogens is 7. The van der Waals surface area contributed by atoms with Crippen molar-refractivity contribution in [3.63, 3.8) is 0 Å². The summed E-state index contributed by atoms with van der Waals surface area (Å²) in [5.41, 5.74) is -3.57. The highest BCUT2D eigenvalue weighted by molar-refractivity contribution is 7.91. The second kappa shape index (κ2) is 10.0. The Morgan fingerprint density at radius 3 is 2.03 bits per heavy atom. The van der Waals surface area contributed by atoms with Crippen LogP contribution in [0.25, 0.3) is 10.9 Å². The molecule has 0 saturated heterocycles. The van der Waals surface area contributed by atoms with Crippen molar-refractivity contribution in [1.82, 2.24) is 4.98 Å². The highest BCUT2D eigenvalue weighted by Crippen LogP contribution is 2.48. The number of fused-ring (bicyclic) bond motifs is 1. The second-order valence-electron chi connectivity index (χ2n) is 7.95. The first kappa shape index (κ1) is 28.1. The van der Waals surface area contributed by atoms with Gasteiger partial charge < -0.3 is 19.6 Å². The number of rotatable bonds is 7. The number of aliphatic carboxylic acids is 1. The number of carboxylic acid groups (broad SMARTS) is 1. The molecule has 1 heterocycles. The fourth-order valence-electron chi connectivity index (χ4n) is 3.58. The van der Waals surface area contributed by atoms with Crippen molar-refractivity contribution in [2.75, 3.05) is 6.61 Å². The number of sulfone groups is 1. The van der Waals surface area contributed by atoms with Crippen molar-refractivity contribution in [2.45, 2.75) is 22.1 Å². The Balaban J connectivity index is 1.84. The summed E-state index contributed by atoms with van der Waals surface area (Å²) in [6.45, 7) is -1.19. The van der Waals surface area contributed by atoms with Crippen molar-refractivity contribution in [2.24, 2.45) is 0 Å². The molecule has 1 aromatic heterocycles. The summed E-state index contributed by atoms with van der Waals surface area (Å²) >= 11 is 5.80. The quantitative estimate of drug-likeness (QED) is 0.225. The first-order chi connectivity index (χ1) is 18.1. The maximum Gasteiger partial charge on any atom is 0.420 e. The number of benzene rings is 3. The average Bonchev–Trinajstić information content (AvgIpc) is 3.26. The number of alkyl halides is 6. The zero-order chi connectivity index (χ0) is 28.8. The lowest BCUT2D eigenvalue weighted by molar-refractivity contribution is -0.145. The van der Waals surface area contributed by atoms with Gasteiger partial charge in [-0.05, 0) is 54.6 Å². The number of carboxylic acids is 1. The van der Waals surface area contributed by atoms with E-state index >= 15 is 0 Å². The van der Waals surface area contributed by atoms with Crippen molar-refractivity contribution < 1.29 is 54.1 Å². The molecule has 39 heavy (non-hydrogen) atoms. The van der Waals surface area contributed by atoms with E-state index in [2.05, 4.69) is 9.72 Å². The highest BCUT2D eigenvalue weighted by atomic mass is 35.5. The average molecular weight is 594 g/mol. The molecule has 206 valence electrons. The van der Waals surface area contributed by atoms with Gasteiger partial charge in [-0.25, -0.2) is 13.2 Å². The fourth-order valence-corrected chi connectivity index (χ4v) is 5.13. The Morgan fingerprint density at radius 1 is 0.897 bits per heavy atom. The van der Waals surface area contributed by atoms with Crippen LogP contribution in [0.4, 0.5) is 26.3 Å². The van der Waals surface area contributed by atoms with Crippen LogP contribution in [0.3, 0.4) is 0 Å². The predicted molar refractivity (Wildman–Crippen MR) is 125 cm³/mol. The molecule has 0 fully saturated rings. The number of ether oxygens (including phenoxy) is 2. The SMILES string of the molecule is O=C(O)COc1cc(C(F)(F)F)c(Oc2ccc3[nH]cc(S(=O)(=O)c4ccc(Cl)cc4)c3c2)c(C(F)(F)F)c1. The molecule has 7 nitrogen and oxygen atoms in total.